The molecule has 1 aromatic carbocycles. The highest BCUT2D eigenvalue weighted by atomic mass is 32.2. The Morgan fingerprint density at radius 3 is 2.48 bits per heavy atom. The van der Waals surface area contributed by atoms with Crippen LogP contribution in [0.25, 0.3) is 0 Å². The van der Waals surface area contributed by atoms with Crippen molar-refractivity contribution in [3.05, 3.63) is 47.5 Å². The maximum absolute atomic E-state index is 13.4. The summed E-state index contributed by atoms with van der Waals surface area (Å²) in [6, 6.07) is 3.22. The van der Waals surface area contributed by atoms with Gasteiger partial charge in [-0.3, -0.25) is 4.79 Å². The minimum Gasteiger partial charge on any atom is -0.380 e. The van der Waals surface area contributed by atoms with Crippen LogP contribution in [0.3, 0.4) is 0 Å². The largest absolute Gasteiger partial charge is 0.419 e. The van der Waals surface area contributed by atoms with Crippen LogP contribution in [0, 0.1) is 11.2 Å². The van der Waals surface area contributed by atoms with Gasteiger partial charge in [0.25, 0.3) is 5.91 Å². The summed E-state index contributed by atoms with van der Waals surface area (Å²) in [6.07, 6.45) is -3.66. The van der Waals surface area contributed by atoms with Crippen LogP contribution in [0.1, 0.15) is 23.0 Å². The summed E-state index contributed by atoms with van der Waals surface area (Å²) in [5.41, 5.74) is -2.36. The minimum absolute atomic E-state index is 0.0727. The van der Waals surface area contributed by atoms with E-state index in [1.54, 1.807) is 6.92 Å². The summed E-state index contributed by atoms with van der Waals surface area (Å²) in [5.74, 6) is -2.44. The Labute approximate surface area is 164 Å². The van der Waals surface area contributed by atoms with E-state index in [1.807, 2.05) is 0 Å². The second kappa shape index (κ2) is 7.13. The number of hydrogen-bond acceptors (Lipinski definition) is 4. The molecule has 11 heteroatoms. The van der Waals surface area contributed by atoms with Crippen molar-refractivity contribution in [1.29, 1.82) is 0 Å². The lowest BCUT2D eigenvalue weighted by Crippen LogP contribution is -2.45. The number of nitrogens with one attached hydrogen (secondary N) is 1. The molecule has 0 bridgehead atoms. The van der Waals surface area contributed by atoms with Crippen LogP contribution in [-0.4, -0.2) is 37.9 Å². The number of anilines is 1. The second-order valence-corrected chi connectivity index (χ2v) is 9.37. The van der Waals surface area contributed by atoms with E-state index in [1.165, 1.54) is 17.8 Å². The van der Waals surface area contributed by atoms with Gasteiger partial charge in [-0.2, -0.15) is 13.2 Å². The molecule has 3 rings (SSSR count). The number of nitrogens with zero attached hydrogens (tertiary/aromatic N) is 1. The molecule has 0 aliphatic carbocycles. The molecule has 0 saturated carbocycles. The molecular formula is C18H18F4N2O4S. The molecule has 6 nitrogen and oxygen atoms in total. The van der Waals surface area contributed by atoms with Gasteiger partial charge in [0.2, 0.25) is 0 Å². The van der Waals surface area contributed by atoms with E-state index in [9.17, 15) is 30.8 Å². The quantitative estimate of drug-likeness (QED) is 0.733. The molecular weight excluding hydrogens is 416 g/mol. The van der Waals surface area contributed by atoms with Gasteiger partial charge in [0.1, 0.15) is 11.5 Å². The molecule has 2 aromatic rings. The number of halogens is 4. The van der Waals surface area contributed by atoms with Crippen LogP contribution >= 0.6 is 0 Å². The van der Waals surface area contributed by atoms with E-state index in [0.717, 1.165) is 12.1 Å². The van der Waals surface area contributed by atoms with Crippen molar-refractivity contribution in [2.75, 3.05) is 24.3 Å². The lowest BCUT2D eigenvalue weighted by molar-refractivity contribution is -0.139. The fourth-order valence-corrected chi connectivity index (χ4v) is 4.88. The topological polar surface area (TPSA) is 77.4 Å². The molecule has 1 aliphatic rings. The Morgan fingerprint density at radius 1 is 1.28 bits per heavy atom. The zero-order valence-corrected chi connectivity index (χ0v) is 16.3. The fraction of sp³-hybridized carbons (Fsp3) is 0.389. The van der Waals surface area contributed by atoms with Crippen molar-refractivity contribution in [3.63, 3.8) is 0 Å². The molecule has 2 heterocycles. The fourth-order valence-electron chi connectivity index (χ4n) is 3.02. The number of alkyl halides is 3. The van der Waals surface area contributed by atoms with Crippen LogP contribution in [-0.2, 0) is 27.8 Å². The summed E-state index contributed by atoms with van der Waals surface area (Å²) >= 11 is 0. The van der Waals surface area contributed by atoms with Crippen molar-refractivity contribution >= 4 is 21.4 Å². The van der Waals surface area contributed by atoms with Gasteiger partial charge in [0.15, 0.2) is 9.84 Å². The highest BCUT2D eigenvalue weighted by Gasteiger charge is 2.39. The number of carbonyl (C=O) groups is 1. The van der Waals surface area contributed by atoms with Gasteiger partial charge in [0, 0.05) is 24.3 Å². The number of rotatable bonds is 5. The Bertz CT molecular complexity index is 1060. The number of aromatic nitrogens is 1. The van der Waals surface area contributed by atoms with Gasteiger partial charge in [-0.1, -0.05) is 6.92 Å². The molecule has 0 atom stereocenters. The van der Waals surface area contributed by atoms with E-state index < -0.39 is 38.7 Å². The second-order valence-electron chi connectivity index (χ2n) is 7.38. The van der Waals surface area contributed by atoms with E-state index in [2.05, 4.69) is 5.32 Å². The Balaban J connectivity index is 1.82. The number of benzene rings is 1. The summed E-state index contributed by atoms with van der Waals surface area (Å²) in [6.45, 7) is 2.41. The zero-order valence-electron chi connectivity index (χ0n) is 15.5. The molecule has 158 valence electrons. The number of carbonyl (C=O) groups excluding carboxylic acids is 1. The number of hydrogen-bond donors (Lipinski definition) is 1. The van der Waals surface area contributed by atoms with Gasteiger partial charge in [-0.15, -0.1) is 0 Å². The highest BCUT2D eigenvalue weighted by molar-refractivity contribution is 7.91. The molecule has 29 heavy (non-hydrogen) atoms. The van der Waals surface area contributed by atoms with Crippen LogP contribution in [0.4, 0.5) is 23.2 Å². The van der Waals surface area contributed by atoms with E-state index >= 15 is 0 Å². The van der Waals surface area contributed by atoms with Crippen molar-refractivity contribution < 1.29 is 35.5 Å². The third-order valence-electron chi connectivity index (χ3n) is 4.54. The molecule has 0 spiro atoms. The van der Waals surface area contributed by atoms with Crippen LogP contribution < -0.4 is 5.32 Å². The Morgan fingerprint density at radius 2 is 1.93 bits per heavy atom. The predicted octanol–water partition coefficient (Wildman–Crippen LogP) is 3.25. The lowest BCUT2D eigenvalue weighted by Gasteiger charge is -2.37. The van der Waals surface area contributed by atoms with Crippen molar-refractivity contribution in [2.24, 2.45) is 12.5 Å². The number of aryl methyl sites for hydroxylation is 1. The normalized spacial score (nSPS) is 16.3. The molecule has 1 aromatic heterocycles. The Kier molecular flexibility index (Phi) is 5.24. The van der Waals surface area contributed by atoms with Gasteiger partial charge in [-0.05, 0) is 24.3 Å². The molecule has 0 radical (unpaired) electrons. The maximum Gasteiger partial charge on any atom is 0.419 e. The third-order valence-corrected chi connectivity index (χ3v) is 6.56. The monoisotopic (exact) mass is 434 g/mol. The van der Waals surface area contributed by atoms with Gasteiger partial charge >= 0.3 is 6.18 Å². The van der Waals surface area contributed by atoms with E-state index in [-0.39, 0.29) is 22.0 Å². The summed E-state index contributed by atoms with van der Waals surface area (Å²) in [7, 11) is -2.26. The Hall–Kier alpha value is -2.40. The number of amides is 1. The summed E-state index contributed by atoms with van der Waals surface area (Å²) < 4.78 is 83.4. The predicted molar refractivity (Wildman–Crippen MR) is 95.7 cm³/mol. The van der Waals surface area contributed by atoms with E-state index in [4.69, 9.17) is 4.74 Å². The summed E-state index contributed by atoms with van der Waals surface area (Å²) in [5, 5.41) is 2.23. The van der Waals surface area contributed by atoms with Crippen molar-refractivity contribution in [1.82, 2.24) is 4.57 Å². The minimum atomic E-state index is -4.92. The third kappa shape index (κ3) is 4.45. The summed E-state index contributed by atoms with van der Waals surface area (Å²) in [4.78, 5) is 12.4. The van der Waals surface area contributed by atoms with Crippen LogP contribution in [0.5, 0.6) is 0 Å². The smallest absolute Gasteiger partial charge is 0.380 e. The van der Waals surface area contributed by atoms with Crippen molar-refractivity contribution in [3.8, 4) is 0 Å². The average molecular weight is 434 g/mol. The first-order valence-electron chi connectivity index (χ1n) is 8.46. The molecule has 1 saturated heterocycles. The number of sulfone groups is 1. The van der Waals surface area contributed by atoms with Crippen LogP contribution in [0.15, 0.2) is 35.4 Å². The van der Waals surface area contributed by atoms with Gasteiger partial charge in [0.05, 0.1) is 29.4 Å². The highest BCUT2D eigenvalue weighted by Crippen LogP contribution is 2.33. The molecule has 1 aliphatic heterocycles. The zero-order chi connectivity index (χ0) is 21.6. The molecule has 1 amide bonds. The first-order chi connectivity index (χ1) is 13.3. The molecule has 0 unspecified atom stereocenters. The lowest BCUT2D eigenvalue weighted by atomic mass is 9.92. The average Bonchev–Trinajstić information content (AvgIpc) is 2.97. The SMILES string of the molecule is Cn1cc(S(=O)(=O)CC2(C)COC2)cc1C(=O)Nc1ccc(F)c(C(F)(F)F)c1. The van der Waals surface area contributed by atoms with Crippen LogP contribution in [0.2, 0.25) is 0 Å². The molecule has 1 fully saturated rings. The van der Waals surface area contributed by atoms with Gasteiger partial charge < -0.3 is 14.6 Å². The van der Waals surface area contributed by atoms with Gasteiger partial charge in [-0.25, -0.2) is 12.8 Å². The molecule has 1 N–H and O–H groups in total. The van der Waals surface area contributed by atoms with Crippen molar-refractivity contribution in [2.45, 2.75) is 18.0 Å². The standard InChI is InChI=1S/C18H18F4N2O4S/c1-17(8-28-9-17)10-29(26,27)12-6-15(24(2)7-12)16(25)23-11-3-4-14(19)13(5-11)18(20,21)22/h3-7H,8-10H2,1-2H3,(H,23,25). The first-order valence-corrected chi connectivity index (χ1v) is 10.1. The number of ether oxygens (including phenoxy) is 1. The first kappa shape index (κ1) is 21.3. The van der Waals surface area contributed by atoms with E-state index in [0.29, 0.717) is 25.3 Å². The maximum atomic E-state index is 13.4.